The summed E-state index contributed by atoms with van der Waals surface area (Å²) in [5, 5.41) is 0. The summed E-state index contributed by atoms with van der Waals surface area (Å²) >= 11 is 1.55. The van der Waals surface area contributed by atoms with Gasteiger partial charge in [0.2, 0.25) is 0 Å². The van der Waals surface area contributed by atoms with Crippen molar-refractivity contribution in [3.8, 4) is 0 Å². The molecule has 2 nitrogen and oxygen atoms in total. The molecule has 0 fully saturated rings. The summed E-state index contributed by atoms with van der Waals surface area (Å²) in [4.78, 5) is 11.3. The van der Waals surface area contributed by atoms with Crippen LogP contribution in [0.4, 0.5) is 4.39 Å². The van der Waals surface area contributed by atoms with Gasteiger partial charge in [-0.15, -0.1) is 11.8 Å². The number of rotatable bonds is 6. The molecule has 1 rings (SSSR count). The van der Waals surface area contributed by atoms with Crippen LogP contribution in [0.3, 0.4) is 0 Å². The molecule has 0 radical (unpaired) electrons. The van der Waals surface area contributed by atoms with Crippen LogP contribution in [0.2, 0.25) is 0 Å². The highest BCUT2D eigenvalue weighted by atomic mass is 32.2. The Bertz CT molecular complexity index is 328. The summed E-state index contributed by atoms with van der Waals surface area (Å²) in [6, 6.07) is 7.08. The maximum absolute atomic E-state index is 12.3. The van der Waals surface area contributed by atoms with Crippen LogP contribution < -0.4 is 0 Å². The molecule has 0 amide bonds. The van der Waals surface area contributed by atoms with Crippen LogP contribution in [0.5, 0.6) is 0 Å². The fraction of sp³-hybridized carbons (Fsp3) is 0.364. The van der Waals surface area contributed by atoms with Gasteiger partial charge in [-0.2, -0.15) is 0 Å². The van der Waals surface area contributed by atoms with Crippen molar-refractivity contribution in [2.45, 2.75) is 5.75 Å². The van der Waals surface area contributed by atoms with E-state index >= 15 is 0 Å². The van der Waals surface area contributed by atoms with Crippen molar-refractivity contribution in [3.05, 3.63) is 35.4 Å². The van der Waals surface area contributed by atoms with Crippen LogP contribution in [0.15, 0.2) is 24.3 Å². The Labute approximate surface area is 92.8 Å². The number of thioether (sulfide) groups is 1. The Balaban J connectivity index is 2.73. The van der Waals surface area contributed by atoms with Crippen molar-refractivity contribution < 1.29 is 13.9 Å². The van der Waals surface area contributed by atoms with Gasteiger partial charge in [0, 0.05) is 18.4 Å². The molecule has 0 saturated heterocycles. The number of alkyl halides is 1. The van der Waals surface area contributed by atoms with Gasteiger partial charge < -0.3 is 4.74 Å². The lowest BCUT2D eigenvalue weighted by atomic mass is 10.1. The topological polar surface area (TPSA) is 26.3 Å². The summed E-state index contributed by atoms with van der Waals surface area (Å²) in [6.45, 7) is -0.939. The predicted molar refractivity (Wildman–Crippen MR) is 59.9 cm³/mol. The molecule has 4 heteroatoms. The normalized spacial score (nSPS) is 10.3. The highest BCUT2D eigenvalue weighted by Crippen LogP contribution is 2.17. The first kappa shape index (κ1) is 12.2. The van der Waals surface area contributed by atoms with E-state index < -0.39 is 12.5 Å². The average Bonchev–Trinajstić information content (AvgIpc) is 2.29. The Hall–Kier alpha value is -0.870. The third-order valence-electron chi connectivity index (χ3n) is 1.90. The smallest absolute Gasteiger partial charge is 0.194 e. The average molecular weight is 228 g/mol. The van der Waals surface area contributed by atoms with Crippen molar-refractivity contribution in [2.75, 3.05) is 19.7 Å². The van der Waals surface area contributed by atoms with Crippen molar-refractivity contribution in [1.82, 2.24) is 0 Å². The summed E-state index contributed by atoms with van der Waals surface area (Å²) in [7, 11) is 1.62. The second-order valence-corrected chi connectivity index (χ2v) is 3.90. The molecule has 15 heavy (non-hydrogen) atoms. The molecule has 0 unspecified atom stereocenters. The molecule has 1 aromatic carbocycles. The Morgan fingerprint density at radius 1 is 1.47 bits per heavy atom. The lowest BCUT2D eigenvalue weighted by molar-refractivity contribution is 0.0958. The van der Waals surface area contributed by atoms with Gasteiger partial charge >= 0.3 is 0 Å². The van der Waals surface area contributed by atoms with E-state index in [1.54, 1.807) is 31.0 Å². The number of ether oxygens (including phenoxy) is 1. The van der Waals surface area contributed by atoms with E-state index in [1.165, 1.54) is 0 Å². The van der Waals surface area contributed by atoms with E-state index in [2.05, 4.69) is 0 Å². The van der Waals surface area contributed by atoms with Crippen molar-refractivity contribution in [1.29, 1.82) is 0 Å². The van der Waals surface area contributed by atoms with E-state index in [-0.39, 0.29) is 0 Å². The monoisotopic (exact) mass is 228 g/mol. The van der Waals surface area contributed by atoms with Crippen LogP contribution in [-0.4, -0.2) is 25.5 Å². The second-order valence-electron chi connectivity index (χ2n) is 2.97. The number of benzene rings is 1. The van der Waals surface area contributed by atoms with Gasteiger partial charge in [-0.05, 0) is 5.56 Å². The zero-order valence-corrected chi connectivity index (χ0v) is 9.35. The van der Waals surface area contributed by atoms with E-state index in [9.17, 15) is 9.18 Å². The molecule has 0 aliphatic heterocycles. The van der Waals surface area contributed by atoms with Crippen LogP contribution in [0.1, 0.15) is 15.9 Å². The van der Waals surface area contributed by atoms with Gasteiger partial charge in [0.05, 0.1) is 5.94 Å². The number of halogens is 1. The second kappa shape index (κ2) is 6.58. The first-order chi connectivity index (χ1) is 7.29. The number of ketones is 1. The highest BCUT2D eigenvalue weighted by Gasteiger charge is 2.09. The fourth-order valence-electron chi connectivity index (χ4n) is 1.23. The molecule has 1 aromatic rings. The third kappa shape index (κ3) is 3.64. The van der Waals surface area contributed by atoms with Crippen LogP contribution in [0, 0.1) is 0 Å². The maximum Gasteiger partial charge on any atom is 0.194 e. The Kier molecular flexibility index (Phi) is 5.36. The minimum atomic E-state index is -0.939. The molecule has 0 saturated carbocycles. The third-order valence-corrected chi connectivity index (χ3v) is 2.82. The maximum atomic E-state index is 12.3. The van der Waals surface area contributed by atoms with E-state index in [1.807, 2.05) is 12.1 Å². The quantitative estimate of drug-likeness (QED) is 0.425. The first-order valence-electron chi connectivity index (χ1n) is 4.53. The summed E-state index contributed by atoms with van der Waals surface area (Å²) < 4.78 is 17.2. The van der Waals surface area contributed by atoms with Crippen molar-refractivity contribution in [2.24, 2.45) is 0 Å². The minimum absolute atomic E-state index is 0.455. The van der Waals surface area contributed by atoms with Gasteiger partial charge in [-0.1, -0.05) is 24.3 Å². The molecular weight excluding hydrogens is 215 g/mol. The molecular formula is C11H13FO2S. The molecule has 0 heterocycles. The van der Waals surface area contributed by atoms with E-state index in [4.69, 9.17) is 4.74 Å². The predicted octanol–water partition coefficient (Wildman–Crippen LogP) is 2.68. The van der Waals surface area contributed by atoms with Crippen molar-refractivity contribution in [3.63, 3.8) is 0 Å². The number of methoxy groups -OCH3 is 1. The van der Waals surface area contributed by atoms with Gasteiger partial charge in [-0.3, -0.25) is 4.79 Å². The Morgan fingerprint density at radius 3 is 2.87 bits per heavy atom. The SMILES string of the molecule is COCSCc1ccccc1C(=O)CF. The number of carbonyl (C=O) groups excluding carboxylic acids is 1. The number of hydrogen-bond acceptors (Lipinski definition) is 3. The summed E-state index contributed by atoms with van der Waals surface area (Å²) in [5.74, 6) is 0.775. The Morgan fingerprint density at radius 2 is 2.20 bits per heavy atom. The summed E-state index contributed by atoms with van der Waals surface area (Å²) in [6.07, 6.45) is 0. The zero-order valence-electron chi connectivity index (χ0n) is 8.53. The van der Waals surface area contributed by atoms with Gasteiger partial charge in [0.1, 0.15) is 0 Å². The summed E-state index contributed by atoms with van der Waals surface area (Å²) in [5.41, 5.74) is 1.34. The van der Waals surface area contributed by atoms with Crippen LogP contribution >= 0.6 is 11.8 Å². The first-order valence-corrected chi connectivity index (χ1v) is 5.68. The molecule has 0 bridgehead atoms. The van der Waals surface area contributed by atoms with Crippen LogP contribution in [0.25, 0.3) is 0 Å². The minimum Gasteiger partial charge on any atom is -0.374 e. The number of hydrogen-bond donors (Lipinski definition) is 0. The lowest BCUT2D eigenvalue weighted by Crippen LogP contribution is -2.04. The molecule has 82 valence electrons. The molecule has 0 aromatic heterocycles. The molecule has 0 spiro atoms. The van der Waals surface area contributed by atoms with Gasteiger partial charge in [-0.25, -0.2) is 4.39 Å². The zero-order chi connectivity index (χ0) is 11.1. The molecule has 0 aliphatic carbocycles. The van der Waals surface area contributed by atoms with E-state index in [0.717, 1.165) is 5.56 Å². The fourth-order valence-corrected chi connectivity index (χ4v) is 1.95. The molecule has 0 aliphatic rings. The van der Waals surface area contributed by atoms with Gasteiger partial charge in [0.25, 0.3) is 0 Å². The van der Waals surface area contributed by atoms with Crippen LogP contribution in [-0.2, 0) is 10.5 Å². The number of carbonyl (C=O) groups is 1. The molecule has 0 N–H and O–H groups in total. The number of Topliss-reactive ketones (excluding diaryl/α,β-unsaturated/α-hetero) is 1. The largest absolute Gasteiger partial charge is 0.374 e. The van der Waals surface area contributed by atoms with Crippen molar-refractivity contribution >= 4 is 17.5 Å². The standard InChI is InChI=1S/C11H13FO2S/c1-14-8-15-7-9-4-2-3-5-10(9)11(13)6-12/h2-5H,6-8H2,1H3. The van der Waals surface area contributed by atoms with Gasteiger partial charge in [0.15, 0.2) is 12.5 Å². The highest BCUT2D eigenvalue weighted by molar-refractivity contribution is 7.98. The van der Waals surface area contributed by atoms with E-state index in [0.29, 0.717) is 17.3 Å². The molecule has 0 atom stereocenters. The lowest BCUT2D eigenvalue weighted by Gasteiger charge is -2.06.